The molecule has 0 saturated heterocycles. The molecule has 0 aliphatic carbocycles. The zero-order valence-corrected chi connectivity index (χ0v) is 17.8. The molecule has 0 fully saturated rings. The van der Waals surface area contributed by atoms with Crippen LogP contribution in [-0.2, 0) is 14.8 Å². The number of anilines is 1. The number of thiazole rings is 1. The molecule has 0 aliphatic rings. The minimum absolute atomic E-state index is 0.0111. The SMILES string of the molecule is CN(C)S(=O)(=O)c1cccc(NC(=O)CSc2nc3ccc([N+](=O)[O-])cc3s2)c1. The van der Waals surface area contributed by atoms with Crippen molar-refractivity contribution in [1.29, 1.82) is 0 Å². The molecule has 1 heterocycles. The first-order valence-electron chi connectivity index (χ1n) is 8.17. The molecule has 3 rings (SSSR count). The van der Waals surface area contributed by atoms with E-state index in [0.29, 0.717) is 20.2 Å². The van der Waals surface area contributed by atoms with Gasteiger partial charge in [0, 0.05) is 31.9 Å². The molecule has 0 atom stereocenters. The monoisotopic (exact) mass is 452 g/mol. The Morgan fingerprint density at radius 3 is 2.72 bits per heavy atom. The molecule has 152 valence electrons. The summed E-state index contributed by atoms with van der Waals surface area (Å²) in [5.41, 5.74) is 0.992. The quantitative estimate of drug-likeness (QED) is 0.332. The Labute approximate surface area is 174 Å². The molecule has 9 nitrogen and oxygen atoms in total. The molecule has 0 bridgehead atoms. The van der Waals surface area contributed by atoms with Crippen LogP contribution in [0.3, 0.4) is 0 Å². The largest absolute Gasteiger partial charge is 0.325 e. The van der Waals surface area contributed by atoms with Crippen molar-refractivity contribution in [2.24, 2.45) is 0 Å². The number of hydrogen-bond donors (Lipinski definition) is 1. The van der Waals surface area contributed by atoms with Crippen molar-refractivity contribution in [3.63, 3.8) is 0 Å². The summed E-state index contributed by atoms with van der Waals surface area (Å²) in [5, 5.41) is 13.5. The van der Waals surface area contributed by atoms with Crippen LogP contribution in [-0.4, -0.2) is 48.4 Å². The number of hydrogen-bond acceptors (Lipinski definition) is 8. The molecule has 12 heteroatoms. The highest BCUT2D eigenvalue weighted by molar-refractivity contribution is 8.01. The highest BCUT2D eigenvalue weighted by Gasteiger charge is 2.18. The Morgan fingerprint density at radius 2 is 2.03 bits per heavy atom. The van der Waals surface area contributed by atoms with Gasteiger partial charge in [-0.1, -0.05) is 17.8 Å². The fourth-order valence-electron chi connectivity index (χ4n) is 2.34. The number of aromatic nitrogens is 1. The Bertz CT molecular complexity index is 1190. The van der Waals surface area contributed by atoms with Crippen LogP contribution >= 0.6 is 23.1 Å². The van der Waals surface area contributed by atoms with Crippen LogP contribution in [0.15, 0.2) is 51.7 Å². The third kappa shape index (κ3) is 4.90. The normalized spacial score (nSPS) is 11.7. The number of amides is 1. The van der Waals surface area contributed by atoms with Gasteiger partial charge in [0.1, 0.15) is 0 Å². The summed E-state index contributed by atoms with van der Waals surface area (Å²) in [6.45, 7) is 0. The number of sulfonamides is 1. The van der Waals surface area contributed by atoms with Gasteiger partial charge in [-0.15, -0.1) is 11.3 Å². The lowest BCUT2D eigenvalue weighted by molar-refractivity contribution is -0.384. The number of nitro benzene ring substituents is 1. The molecule has 3 aromatic rings. The first kappa shape index (κ1) is 21.2. The topological polar surface area (TPSA) is 123 Å². The Hall–Kier alpha value is -2.54. The van der Waals surface area contributed by atoms with E-state index in [2.05, 4.69) is 10.3 Å². The van der Waals surface area contributed by atoms with Crippen LogP contribution in [0.2, 0.25) is 0 Å². The zero-order chi connectivity index (χ0) is 21.2. The van der Waals surface area contributed by atoms with Crippen molar-refractivity contribution in [2.75, 3.05) is 25.2 Å². The van der Waals surface area contributed by atoms with E-state index in [1.807, 2.05) is 0 Å². The average molecular weight is 453 g/mol. The maximum atomic E-state index is 12.2. The van der Waals surface area contributed by atoms with E-state index in [9.17, 15) is 23.3 Å². The third-order valence-corrected chi connectivity index (χ3v) is 7.76. The van der Waals surface area contributed by atoms with Crippen molar-refractivity contribution in [3.8, 4) is 0 Å². The van der Waals surface area contributed by atoms with E-state index in [1.54, 1.807) is 18.2 Å². The van der Waals surface area contributed by atoms with Crippen molar-refractivity contribution in [1.82, 2.24) is 9.29 Å². The summed E-state index contributed by atoms with van der Waals surface area (Å²) in [6.07, 6.45) is 0. The number of non-ortho nitro benzene ring substituents is 1. The summed E-state index contributed by atoms with van der Waals surface area (Å²) in [7, 11) is -0.726. The van der Waals surface area contributed by atoms with Crippen LogP contribution in [0.4, 0.5) is 11.4 Å². The third-order valence-electron chi connectivity index (χ3n) is 3.79. The van der Waals surface area contributed by atoms with Gasteiger partial charge in [0.05, 0.1) is 25.8 Å². The smallest absolute Gasteiger partial charge is 0.270 e. The molecule has 0 spiro atoms. The Kier molecular flexibility index (Phi) is 6.17. The second-order valence-corrected chi connectivity index (χ2v) is 10.4. The predicted molar refractivity (Wildman–Crippen MR) is 113 cm³/mol. The predicted octanol–water partition coefficient (Wildman–Crippen LogP) is 3.19. The molecule has 0 aliphatic heterocycles. The van der Waals surface area contributed by atoms with E-state index < -0.39 is 14.9 Å². The number of nitro groups is 1. The van der Waals surface area contributed by atoms with Crippen molar-refractivity contribution in [3.05, 3.63) is 52.6 Å². The summed E-state index contributed by atoms with van der Waals surface area (Å²) < 4.78 is 26.8. The van der Waals surface area contributed by atoms with Crippen molar-refractivity contribution in [2.45, 2.75) is 9.24 Å². The highest BCUT2D eigenvalue weighted by Crippen LogP contribution is 2.31. The maximum absolute atomic E-state index is 12.2. The number of nitrogens with zero attached hydrogens (tertiary/aromatic N) is 3. The molecular formula is C17H16N4O5S3. The van der Waals surface area contributed by atoms with Gasteiger partial charge in [0.15, 0.2) is 4.34 Å². The lowest BCUT2D eigenvalue weighted by Gasteiger charge is -2.12. The lowest BCUT2D eigenvalue weighted by Crippen LogP contribution is -2.22. The first-order valence-corrected chi connectivity index (χ1v) is 11.4. The maximum Gasteiger partial charge on any atom is 0.270 e. The summed E-state index contributed by atoms with van der Waals surface area (Å²) in [6, 6.07) is 10.4. The van der Waals surface area contributed by atoms with E-state index in [4.69, 9.17) is 0 Å². The number of thioether (sulfide) groups is 1. The van der Waals surface area contributed by atoms with E-state index >= 15 is 0 Å². The summed E-state index contributed by atoms with van der Waals surface area (Å²) in [5.74, 6) is -0.258. The number of nitrogens with one attached hydrogen (secondary N) is 1. The Balaban J connectivity index is 1.66. The minimum Gasteiger partial charge on any atom is -0.325 e. The van der Waals surface area contributed by atoms with Gasteiger partial charge in [-0.2, -0.15) is 0 Å². The van der Waals surface area contributed by atoms with E-state index in [-0.39, 0.29) is 22.2 Å². The molecule has 0 saturated carbocycles. The van der Waals surface area contributed by atoms with Crippen LogP contribution in [0.25, 0.3) is 10.2 Å². The number of carbonyl (C=O) groups excluding carboxylic acids is 1. The second kappa shape index (κ2) is 8.45. The number of fused-ring (bicyclic) bond motifs is 1. The highest BCUT2D eigenvalue weighted by atomic mass is 32.2. The fraction of sp³-hybridized carbons (Fsp3) is 0.176. The number of carbonyl (C=O) groups is 1. The molecule has 29 heavy (non-hydrogen) atoms. The van der Waals surface area contributed by atoms with Gasteiger partial charge in [-0.25, -0.2) is 17.7 Å². The van der Waals surface area contributed by atoms with Gasteiger partial charge < -0.3 is 5.32 Å². The minimum atomic E-state index is -3.59. The molecule has 0 unspecified atom stereocenters. The van der Waals surface area contributed by atoms with Crippen LogP contribution in [0.1, 0.15) is 0 Å². The van der Waals surface area contributed by atoms with Crippen LogP contribution in [0, 0.1) is 10.1 Å². The zero-order valence-electron chi connectivity index (χ0n) is 15.4. The van der Waals surface area contributed by atoms with Gasteiger partial charge in [0.2, 0.25) is 15.9 Å². The molecule has 1 aromatic heterocycles. The van der Waals surface area contributed by atoms with Crippen LogP contribution in [0.5, 0.6) is 0 Å². The molecule has 0 radical (unpaired) electrons. The fourth-order valence-corrected chi connectivity index (χ4v) is 5.19. The molecular weight excluding hydrogens is 436 g/mol. The number of benzene rings is 2. The summed E-state index contributed by atoms with van der Waals surface area (Å²) in [4.78, 5) is 27.1. The molecule has 1 N–H and O–H groups in total. The molecule has 2 aromatic carbocycles. The van der Waals surface area contributed by atoms with E-state index in [0.717, 1.165) is 4.31 Å². The van der Waals surface area contributed by atoms with Crippen molar-refractivity contribution < 1.29 is 18.1 Å². The van der Waals surface area contributed by atoms with Gasteiger partial charge in [-0.3, -0.25) is 14.9 Å². The standard InChI is InChI=1S/C17H16N4O5S3/c1-20(2)29(25,26)13-5-3-4-11(8-13)18-16(22)10-27-17-19-14-7-6-12(21(23)24)9-15(14)28-17/h3-9H,10H2,1-2H3,(H,18,22). The average Bonchev–Trinajstić information content (AvgIpc) is 3.08. The first-order chi connectivity index (χ1) is 13.7. The van der Waals surface area contributed by atoms with Gasteiger partial charge >= 0.3 is 0 Å². The molecule has 1 amide bonds. The lowest BCUT2D eigenvalue weighted by atomic mass is 10.3. The summed E-state index contributed by atoms with van der Waals surface area (Å²) >= 11 is 2.47. The van der Waals surface area contributed by atoms with Crippen LogP contribution < -0.4 is 5.32 Å². The van der Waals surface area contributed by atoms with Gasteiger partial charge in [-0.05, 0) is 24.3 Å². The second-order valence-electron chi connectivity index (χ2n) is 6.04. The van der Waals surface area contributed by atoms with E-state index in [1.165, 1.54) is 61.5 Å². The number of rotatable bonds is 7. The van der Waals surface area contributed by atoms with Crippen molar-refractivity contribution >= 4 is 60.6 Å². The Morgan fingerprint density at radius 1 is 1.28 bits per heavy atom. The van der Waals surface area contributed by atoms with Gasteiger partial charge in [0.25, 0.3) is 5.69 Å².